The van der Waals surface area contributed by atoms with Gasteiger partial charge >= 0.3 is 5.63 Å². The highest BCUT2D eigenvalue weighted by molar-refractivity contribution is 5.97. The van der Waals surface area contributed by atoms with Crippen LogP contribution in [-0.4, -0.2) is 26.5 Å². The van der Waals surface area contributed by atoms with Crippen molar-refractivity contribution >= 4 is 22.6 Å². The van der Waals surface area contributed by atoms with Crippen LogP contribution in [-0.2, 0) is 0 Å². The Hall–Kier alpha value is -2.74. The van der Waals surface area contributed by atoms with E-state index < -0.39 is 11.5 Å². The number of rotatable bonds is 3. The van der Waals surface area contributed by atoms with Gasteiger partial charge in [0, 0.05) is 31.2 Å². The molecule has 0 radical (unpaired) electrons. The average Bonchev–Trinajstić information content (AvgIpc) is 2.43. The summed E-state index contributed by atoms with van der Waals surface area (Å²) in [5, 5.41) is 3.12. The minimum atomic E-state index is -0.678. The lowest BCUT2D eigenvalue weighted by molar-refractivity contribution is 0.0955. The summed E-state index contributed by atoms with van der Waals surface area (Å²) in [6, 6.07) is 6.93. The molecule has 0 fully saturated rings. The van der Waals surface area contributed by atoms with Crippen molar-refractivity contribution in [1.29, 1.82) is 0 Å². The maximum Gasteiger partial charge on any atom is 0.349 e. The van der Waals surface area contributed by atoms with E-state index in [4.69, 9.17) is 10.8 Å². The van der Waals surface area contributed by atoms with Gasteiger partial charge in [-0.3, -0.25) is 4.79 Å². The van der Waals surface area contributed by atoms with E-state index in [0.717, 1.165) is 5.69 Å². The molecule has 0 saturated heterocycles. The molecule has 2 aromatic rings. The summed E-state index contributed by atoms with van der Waals surface area (Å²) in [6.45, 7) is 0.0654. The first-order valence-corrected chi connectivity index (χ1v) is 6.00. The number of amides is 1. The minimum absolute atomic E-state index is 0.0506. The van der Waals surface area contributed by atoms with Crippen LogP contribution in [0.1, 0.15) is 10.4 Å². The number of nitrogens with zero attached hydrogens (tertiary/aromatic N) is 1. The summed E-state index contributed by atoms with van der Waals surface area (Å²) in [5.74, 6) is 1.74. The molecule has 0 aliphatic carbocycles. The lowest BCUT2D eigenvalue weighted by atomic mass is 10.1. The summed E-state index contributed by atoms with van der Waals surface area (Å²) in [5.41, 5.74) is 0.619. The van der Waals surface area contributed by atoms with E-state index in [1.54, 1.807) is 12.1 Å². The Morgan fingerprint density at radius 2 is 2.15 bits per heavy atom. The lowest BCUT2D eigenvalue weighted by Gasteiger charge is -2.12. The molecular formula is C15H14N2O3. The van der Waals surface area contributed by atoms with Crippen LogP contribution >= 0.6 is 0 Å². The quantitative estimate of drug-likeness (QED) is 0.673. The molecule has 1 heterocycles. The highest BCUT2D eigenvalue weighted by Gasteiger charge is 2.13. The fourth-order valence-corrected chi connectivity index (χ4v) is 1.76. The van der Waals surface area contributed by atoms with Crippen molar-refractivity contribution in [2.24, 2.45) is 0 Å². The second-order valence-corrected chi connectivity index (χ2v) is 4.45. The van der Waals surface area contributed by atoms with Crippen LogP contribution in [0.5, 0.6) is 0 Å². The van der Waals surface area contributed by atoms with E-state index >= 15 is 0 Å². The molecule has 0 aliphatic rings. The summed E-state index contributed by atoms with van der Waals surface area (Å²) < 4.78 is 5.19. The number of hydrogen-bond acceptors (Lipinski definition) is 4. The highest BCUT2D eigenvalue weighted by Crippen LogP contribution is 2.20. The SMILES string of the molecule is C#CCNC(=O)c1cc2ccc(N(C)C)cc2oc1=O. The van der Waals surface area contributed by atoms with Crippen molar-refractivity contribution in [3.8, 4) is 12.3 Å². The van der Waals surface area contributed by atoms with Gasteiger partial charge in [-0.15, -0.1) is 6.42 Å². The number of carbonyl (C=O) groups is 1. The fourth-order valence-electron chi connectivity index (χ4n) is 1.76. The summed E-state index contributed by atoms with van der Waals surface area (Å²) >= 11 is 0. The number of carbonyl (C=O) groups excluding carboxylic acids is 1. The van der Waals surface area contributed by atoms with Crippen molar-refractivity contribution in [1.82, 2.24) is 5.32 Å². The summed E-state index contributed by atoms with van der Waals surface area (Å²) in [4.78, 5) is 25.5. The average molecular weight is 270 g/mol. The third-order valence-electron chi connectivity index (χ3n) is 2.83. The predicted octanol–water partition coefficient (Wildman–Crippen LogP) is 1.22. The molecule has 1 aromatic heterocycles. The van der Waals surface area contributed by atoms with Crippen LogP contribution in [0.4, 0.5) is 5.69 Å². The van der Waals surface area contributed by atoms with Crippen LogP contribution < -0.4 is 15.8 Å². The Labute approximate surface area is 116 Å². The van der Waals surface area contributed by atoms with Crippen LogP contribution in [0, 0.1) is 12.3 Å². The van der Waals surface area contributed by atoms with E-state index in [0.29, 0.717) is 11.0 Å². The molecule has 5 nitrogen and oxygen atoms in total. The zero-order chi connectivity index (χ0) is 14.7. The number of anilines is 1. The Morgan fingerprint density at radius 1 is 1.40 bits per heavy atom. The van der Waals surface area contributed by atoms with E-state index in [-0.39, 0.29) is 12.1 Å². The Bertz CT molecular complexity index is 754. The van der Waals surface area contributed by atoms with Crippen molar-refractivity contribution in [2.45, 2.75) is 0 Å². The van der Waals surface area contributed by atoms with Gasteiger partial charge in [-0.25, -0.2) is 4.79 Å². The zero-order valence-electron chi connectivity index (χ0n) is 11.3. The molecule has 0 saturated carbocycles. The van der Waals surface area contributed by atoms with E-state index in [1.807, 2.05) is 25.1 Å². The molecule has 0 aliphatic heterocycles. The maximum atomic E-state index is 11.8. The molecule has 1 amide bonds. The predicted molar refractivity (Wildman–Crippen MR) is 78.0 cm³/mol. The van der Waals surface area contributed by atoms with Gasteiger partial charge < -0.3 is 14.6 Å². The normalized spacial score (nSPS) is 10.1. The minimum Gasteiger partial charge on any atom is -0.422 e. The van der Waals surface area contributed by atoms with Crippen LogP contribution in [0.3, 0.4) is 0 Å². The Morgan fingerprint density at radius 3 is 2.80 bits per heavy atom. The summed E-state index contributed by atoms with van der Waals surface area (Å²) in [6.07, 6.45) is 5.06. The standard InChI is InChI=1S/C15H14N2O3/c1-4-7-16-14(18)12-8-10-5-6-11(17(2)3)9-13(10)20-15(12)19/h1,5-6,8-9H,7H2,2-3H3,(H,16,18). The molecule has 102 valence electrons. The largest absolute Gasteiger partial charge is 0.422 e. The first kappa shape index (κ1) is 13.7. The topological polar surface area (TPSA) is 62.6 Å². The number of fused-ring (bicyclic) bond motifs is 1. The smallest absolute Gasteiger partial charge is 0.349 e. The van der Waals surface area contributed by atoms with Gasteiger partial charge in [-0.1, -0.05) is 5.92 Å². The highest BCUT2D eigenvalue weighted by atomic mass is 16.4. The Balaban J connectivity index is 2.48. The number of benzene rings is 1. The van der Waals surface area contributed by atoms with Gasteiger partial charge in [0.2, 0.25) is 0 Å². The second kappa shape index (κ2) is 5.49. The van der Waals surface area contributed by atoms with Crippen LogP contribution in [0.2, 0.25) is 0 Å². The maximum absolute atomic E-state index is 11.8. The van der Waals surface area contributed by atoms with Gasteiger partial charge in [0.1, 0.15) is 11.1 Å². The Kier molecular flexibility index (Phi) is 3.76. The third-order valence-corrected chi connectivity index (χ3v) is 2.83. The van der Waals surface area contributed by atoms with E-state index in [1.165, 1.54) is 6.07 Å². The molecule has 0 atom stereocenters. The van der Waals surface area contributed by atoms with E-state index in [9.17, 15) is 9.59 Å². The monoisotopic (exact) mass is 270 g/mol. The third kappa shape index (κ3) is 2.64. The van der Waals surface area contributed by atoms with Gasteiger partial charge in [-0.2, -0.15) is 0 Å². The fraction of sp³-hybridized carbons (Fsp3) is 0.200. The van der Waals surface area contributed by atoms with E-state index in [2.05, 4.69) is 11.2 Å². The molecule has 1 aromatic carbocycles. The van der Waals surface area contributed by atoms with Crippen LogP contribution in [0.15, 0.2) is 33.5 Å². The lowest BCUT2D eigenvalue weighted by Crippen LogP contribution is -2.28. The zero-order valence-corrected chi connectivity index (χ0v) is 11.3. The molecule has 5 heteroatoms. The molecular weight excluding hydrogens is 256 g/mol. The molecule has 0 spiro atoms. The van der Waals surface area contributed by atoms with Crippen molar-refractivity contribution in [3.05, 3.63) is 40.2 Å². The van der Waals surface area contributed by atoms with Gasteiger partial charge in [0.15, 0.2) is 0 Å². The summed E-state index contributed by atoms with van der Waals surface area (Å²) in [7, 11) is 3.78. The van der Waals surface area contributed by atoms with Gasteiger partial charge in [0.05, 0.1) is 6.54 Å². The van der Waals surface area contributed by atoms with Gasteiger partial charge in [0.25, 0.3) is 5.91 Å². The number of hydrogen-bond donors (Lipinski definition) is 1. The van der Waals surface area contributed by atoms with Crippen LogP contribution in [0.25, 0.3) is 11.0 Å². The molecule has 0 unspecified atom stereocenters. The number of nitrogens with one attached hydrogen (secondary N) is 1. The molecule has 20 heavy (non-hydrogen) atoms. The number of terminal acetylenes is 1. The molecule has 2 rings (SSSR count). The first-order chi connectivity index (χ1) is 9.52. The van der Waals surface area contributed by atoms with Gasteiger partial charge in [-0.05, 0) is 18.2 Å². The molecule has 1 N–H and O–H groups in total. The second-order valence-electron chi connectivity index (χ2n) is 4.45. The van der Waals surface area contributed by atoms with Crippen molar-refractivity contribution < 1.29 is 9.21 Å². The van der Waals surface area contributed by atoms with Crippen molar-refractivity contribution in [2.75, 3.05) is 25.5 Å². The molecule has 0 bridgehead atoms. The van der Waals surface area contributed by atoms with Crippen molar-refractivity contribution in [3.63, 3.8) is 0 Å². The first-order valence-electron chi connectivity index (χ1n) is 6.00.